The van der Waals surface area contributed by atoms with Gasteiger partial charge in [-0.3, -0.25) is 0 Å². The van der Waals surface area contributed by atoms with Crippen LogP contribution in [0.15, 0.2) is 36.4 Å². The number of hydrogen-bond acceptors (Lipinski definition) is 4. The second-order valence-electron chi connectivity index (χ2n) is 3.88. The van der Waals surface area contributed by atoms with E-state index in [0.29, 0.717) is 33.4 Å². The Labute approximate surface area is 116 Å². The summed E-state index contributed by atoms with van der Waals surface area (Å²) >= 11 is 6.10. The minimum atomic E-state index is 0.484. The maximum absolute atomic E-state index is 8.79. The van der Waals surface area contributed by atoms with Crippen molar-refractivity contribution >= 4 is 28.7 Å². The molecule has 4 nitrogen and oxygen atoms in total. The number of nitrogens with one attached hydrogen (secondary N) is 1. The molecule has 0 aliphatic rings. The first-order valence-corrected chi connectivity index (χ1v) is 5.92. The van der Waals surface area contributed by atoms with Gasteiger partial charge in [-0.15, -0.1) is 0 Å². The molecular formula is C14H12ClN3O. The van der Waals surface area contributed by atoms with E-state index in [1.807, 2.05) is 6.07 Å². The predicted molar refractivity (Wildman–Crippen MR) is 76.9 cm³/mol. The number of nitrogens with zero attached hydrogens (tertiary/aromatic N) is 1. The van der Waals surface area contributed by atoms with Crippen molar-refractivity contribution in [2.75, 3.05) is 18.2 Å². The summed E-state index contributed by atoms with van der Waals surface area (Å²) in [6.07, 6.45) is 0. The molecule has 5 heteroatoms. The van der Waals surface area contributed by atoms with E-state index < -0.39 is 0 Å². The lowest BCUT2D eigenvalue weighted by atomic mass is 10.2. The Balaban J connectivity index is 2.33. The molecule has 2 rings (SSSR count). The summed E-state index contributed by atoms with van der Waals surface area (Å²) in [6.45, 7) is 0. The van der Waals surface area contributed by atoms with E-state index in [9.17, 15) is 0 Å². The number of nitriles is 1. The second-order valence-corrected chi connectivity index (χ2v) is 4.29. The van der Waals surface area contributed by atoms with Gasteiger partial charge in [-0.2, -0.15) is 5.26 Å². The Morgan fingerprint density at radius 1 is 1.21 bits per heavy atom. The highest BCUT2D eigenvalue weighted by Gasteiger charge is 2.06. The fraction of sp³-hybridized carbons (Fsp3) is 0.0714. The van der Waals surface area contributed by atoms with E-state index in [-0.39, 0.29) is 0 Å². The van der Waals surface area contributed by atoms with Gasteiger partial charge in [0.2, 0.25) is 0 Å². The molecule has 0 amide bonds. The largest absolute Gasteiger partial charge is 0.497 e. The molecule has 0 aliphatic heterocycles. The molecule has 0 aromatic heterocycles. The van der Waals surface area contributed by atoms with Gasteiger partial charge in [0, 0.05) is 6.07 Å². The first kappa shape index (κ1) is 13.1. The summed E-state index contributed by atoms with van der Waals surface area (Å²) in [4.78, 5) is 0. The molecule has 0 heterocycles. The molecule has 0 radical (unpaired) electrons. The molecule has 0 saturated heterocycles. The van der Waals surface area contributed by atoms with Crippen LogP contribution in [0, 0.1) is 11.3 Å². The van der Waals surface area contributed by atoms with Crippen LogP contribution in [0.3, 0.4) is 0 Å². The third-order valence-electron chi connectivity index (χ3n) is 2.62. The fourth-order valence-electron chi connectivity index (χ4n) is 1.62. The van der Waals surface area contributed by atoms with Crippen molar-refractivity contribution in [1.29, 1.82) is 5.26 Å². The van der Waals surface area contributed by atoms with Crippen LogP contribution in [-0.2, 0) is 0 Å². The minimum Gasteiger partial charge on any atom is -0.497 e. The Morgan fingerprint density at radius 2 is 2.00 bits per heavy atom. The van der Waals surface area contributed by atoms with Gasteiger partial charge < -0.3 is 15.8 Å². The van der Waals surface area contributed by atoms with Crippen molar-refractivity contribution < 1.29 is 4.74 Å². The third kappa shape index (κ3) is 2.90. The van der Waals surface area contributed by atoms with Gasteiger partial charge in [-0.05, 0) is 30.3 Å². The number of hydrogen-bond donors (Lipinski definition) is 2. The fourth-order valence-corrected chi connectivity index (χ4v) is 1.78. The van der Waals surface area contributed by atoms with Gasteiger partial charge in [0.15, 0.2) is 0 Å². The summed E-state index contributed by atoms with van der Waals surface area (Å²) in [5.41, 5.74) is 8.26. The summed E-state index contributed by atoms with van der Waals surface area (Å²) in [7, 11) is 1.59. The molecule has 0 saturated carbocycles. The number of anilines is 3. The second kappa shape index (κ2) is 5.51. The zero-order chi connectivity index (χ0) is 13.8. The van der Waals surface area contributed by atoms with Crippen molar-refractivity contribution in [2.45, 2.75) is 0 Å². The molecule has 2 aromatic rings. The molecule has 0 bridgehead atoms. The number of rotatable bonds is 3. The quantitative estimate of drug-likeness (QED) is 0.839. The molecule has 0 spiro atoms. The van der Waals surface area contributed by atoms with Gasteiger partial charge in [0.25, 0.3) is 0 Å². The first-order chi connectivity index (χ1) is 9.13. The Bertz CT molecular complexity index is 650. The van der Waals surface area contributed by atoms with Gasteiger partial charge in [0.05, 0.1) is 40.8 Å². The smallest absolute Gasteiger partial charge is 0.121 e. The van der Waals surface area contributed by atoms with Crippen LogP contribution in [0.25, 0.3) is 0 Å². The van der Waals surface area contributed by atoms with Crippen LogP contribution in [0.5, 0.6) is 5.75 Å². The van der Waals surface area contributed by atoms with Gasteiger partial charge >= 0.3 is 0 Å². The van der Waals surface area contributed by atoms with E-state index in [1.54, 1.807) is 43.5 Å². The average Bonchev–Trinajstić information content (AvgIpc) is 2.43. The summed E-state index contributed by atoms with van der Waals surface area (Å²) in [5, 5.41) is 12.5. The van der Waals surface area contributed by atoms with Crippen LogP contribution in [0.1, 0.15) is 5.56 Å². The lowest BCUT2D eigenvalue weighted by molar-refractivity contribution is 0.415. The van der Waals surface area contributed by atoms with Gasteiger partial charge in [0.1, 0.15) is 5.75 Å². The van der Waals surface area contributed by atoms with Crippen molar-refractivity contribution in [3.63, 3.8) is 0 Å². The molecule has 0 aliphatic carbocycles. The van der Waals surface area contributed by atoms with Crippen molar-refractivity contribution in [3.05, 3.63) is 47.0 Å². The molecule has 0 fully saturated rings. The Kier molecular flexibility index (Phi) is 3.79. The van der Waals surface area contributed by atoms with Crippen LogP contribution in [0.4, 0.5) is 17.1 Å². The van der Waals surface area contributed by atoms with Crippen LogP contribution in [0.2, 0.25) is 5.02 Å². The molecule has 3 N–H and O–H groups in total. The minimum absolute atomic E-state index is 0.484. The summed E-state index contributed by atoms with van der Waals surface area (Å²) in [5.74, 6) is 0.694. The van der Waals surface area contributed by atoms with Crippen molar-refractivity contribution in [3.8, 4) is 11.8 Å². The molecular weight excluding hydrogens is 262 g/mol. The average molecular weight is 274 g/mol. The number of ether oxygens (including phenoxy) is 1. The number of halogens is 1. The molecule has 96 valence electrons. The highest BCUT2D eigenvalue weighted by atomic mass is 35.5. The SMILES string of the molecule is COc1ccc(Cl)c(Nc2ccc(C#N)cc2N)c1. The van der Waals surface area contributed by atoms with E-state index >= 15 is 0 Å². The highest BCUT2D eigenvalue weighted by molar-refractivity contribution is 6.33. The molecule has 0 unspecified atom stereocenters. The lowest BCUT2D eigenvalue weighted by Crippen LogP contribution is -1.98. The monoisotopic (exact) mass is 273 g/mol. The zero-order valence-electron chi connectivity index (χ0n) is 10.3. The lowest BCUT2D eigenvalue weighted by Gasteiger charge is -2.12. The molecule has 0 atom stereocenters. The van der Waals surface area contributed by atoms with E-state index in [1.165, 1.54) is 0 Å². The number of nitrogen functional groups attached to an aromatic ring is 1. The molecule has 19 heavy (non-hydrogen) atoms. The normalized spacial score (nSPS) is 9.74. The third-order valence-corrected chi connectivity index (χ3v) is 2.95. The first-order valence-electron chi connectivity index (χ1n) is 5.54. The van der Waals surface area contributed by atoms with Crippen LogP contribution >= 0.6 is 11.6 Å². The summed E-state index contributed by atoms with van der Waals surface area (Å²) in [6, 6.07) is 12.4. The number of methoxy groups -OCH3 is 1. The number of benzene rings is 2. The standard InChI is InChI=1S/C14H12ClN3O/c1-19-10-3-4-11(15)14(7-10)18-13-5-2-9(8-16)6-12(13)17/h2-7,18H,17H2,1H3. The van der Waals surface area contributed by atoms with E-state index in [2.05, 4.69) is 5.32 Å². The van der Waals surface area contributed by atoms with Gasteiger partial charge in [-0.1, -0.05) is 11.6 Å². The van der Waals surface area contributed by atoms with E-state index in [0.717, 1.165) is 0 Å². The topological polar surface area (TPSA) is 71.1 Å². The van der Waals surface area contributed by atoms with E-state index in [4.69, 9.17) is 27.3 Å². The molecule has 2 aromatic carbocycles. The highest BCUT2D eigenvalue weighted by Crippen LogP contribution is 2.31. The van der Waals surface area contributed by atoms with Gasteiger partial charge in [-0.25, -0.2) is 0 Å². The maximum atomic E-state index is 8.79. The van der Waals surface area contributed by atoms with Crippen LogP contribution < -0.4 is 15.8 Å². The zero-order valence-corrected chi connectivity index (χ0v) is 11.0. The Hall–Kier alpha value is -2.38. The Morgan fingerprint density at radius 3 is 2.63 bits per heavy atom. The predicted octanol–water partition coefficient (Wildman–Crippen LogP) is 3.55. The maximum Gasteiger partial charge on any atom is 0.121 e. The summed E-state index contributed by atoms with van der Waals surface area (Å²) < 4.78 is 5.14. The van der Waals surface area contributed by atoms with Crippen molar-refractivity contribution in [2.24, 2.45) is 0 Å². The number of nitrogens with two attached hydrogens (primary N) is 1. The van der Waals surface area contributed by atoms with Crippen molar-refractivity contribution in [1.82, 2.24) is 0 Å². The van der Waals surface area contributed by atoms with Crippen LogP contribution in [-0.4, -0.2) is 7.11 Å².